The molecule has 0 bridgehead atoms. The first-order valence-corrected chi connectivity index (χ1v) is 7.33. The van der Waals surface area contributed by atoms with Crippen LogP contribution in [-0.2, 0) is 9.47 Å². The van der Waals surface area contributed by atoms with Crippen LogP contribution >= 0.6 is 0 Å². The molecule has 0 aromatic carbocycles. The van der Waals surface area contributed by atoms with Crippen LogP contribution in [0.3, 0.4) is 0 Å². The van der Waals surface area contributed by atoms with E-state index < -0.39 is 0 Å². The van der Waals surface area contributed by atoms with Crippen molar-refractivity contribution in [3.8, 4) is 0 Å². The zero-order valence-corrected chi connectivity index (χ0v) is 12.5. The third kappa shape index (κ3) is 5.65. The molecule has 0 aliphatic carbocycles. The van der Waals surface area contributed by atoms with Crippen molar-refractivity contribution in [1.29, 1.82) is 0 Å². The number of hydrogen-bond donors (Lipinski definition) is 0. The molecule has 0 aromatic heterocycles. The van der Waals surface area contributed by atoms with E-state index in [4.69, 9.17) is 9.47 Å². The van der Waals surface area contributed by atoms with Crippen molar-refractivity contribution >= 4 is 0 Å². The van der Waals surface area contributed by atoms with Crippen molar-refractivity contribution in [1.82, 2.24) is 9.80 Å². The van der Waals surface area contributed by atoms with Crippen molar-refractivity contribution in [2.24, 2.45) is 0 Å². The van der Waals surface area contributed by atoms with Crippen molar-refractivity contribution < 1.29 is 9.47 Å². The first kappa shape index (κ1) is 15.9. The number of hydrogen-bond acceptors (Lipinski definition) is 4. The van der Waals surface area contributed by atoms with Crippen LogP contribution in [0.1, 0.15) is 27.7 Å². The van der Waals surface area contributed by atoms with Crippen LogP contribution < -0.4 is 0 Å². The molecule has 108 valence electrons. The van der Waals surface area contributed by atoms with Gasteiger partial charge in [0, 0.05) is 25.7 Å². The van der Waals surface area contributed by atoms with Gasteiger partial charge >= 0.3 is 0 Å². The SMILES string of the molecule is CCN1CCOC(C)C1.CCN1CCOCC1C. The first-order chi connectivity index (χ1) is 8.67. The number of likely N-dealkylation sites (N-methyl/N-ethyl adjacent to an activating group) is 2. The van der Waals surface area contributed by atoms with E-state index in [1.165, 1.54) is 0 Å². The maximum absolute atomic E-state index is 5.37. The lowest BCUT2D eigenvalue weighted by Gasteiger charge is -2.31. The zero-order valence-electron chi connectivity index (χ0n) is 12.5. The van der Waals surface area contributed by atoms with Gasteiger partial charge in [-0.2, -0.15) is 0 Å². The normalized spacial score (nSPS) is 30.7. The molecule has 2 rings (SSSR count). The summed E-state index contributed by atoms with van der Waals surface area (Å²) in [6, 6.07) is 0.628. The Morgan fingerprint density at radius 2 is 1.83 bits per heavy atom. The Morgan fingerprint density at radius 3 is 2.28 bits per heavy atom. The van der Waals surface area contributed by atoms with Gasteiger partial charge in [0.05, 0.1) is 25.9 Å². The maximum Gasteiger partial charge on any atom is 0.0674 e. The van der Waals surface area contributed by atoms with E-state index in [1.807, 2.05) is 0 Å². The van der Waals surface area contributed by atoms with Gasteiger partial charge in [-0.25, -0.2) is 0 Å². The number of morpholine rings is 2. The van der Waals surface area contributed by atoms with E-state index in [1.54, 1.807) is 0 Å². The van der Waals surface area contributed by atoms with E-state index in [2.05, 4.69) is 37.5 Å². The van der Waals surface area contributed by atoms with Gasteiger partial charge in [0.2, 0.25) is 0 Å². The second kappa shape index (κ2) is 8.86. The predicted octanol–water partition coefficient (Wildman–Crippen LogP) is 1.45. The van der Waals surface area contributed by atoms with Gasteiger partial charge in [-0.15, -0.1) is 0 Å². The van der Waals surface area contributed by atoms with Crippen LogP contribution in [-0.4, -0.2) is 74.5 Å². The van der Waals surface area contributed by atoms with E-state index in [0.29, 0.717) is 12.1 Å². The van der Waals surface area contributed by atoms with E-state index in [9.17, 15) is 0 Å². The minimum atomic E-state index is 0.443. The monoisotopic (exact) mass is 258 g/mol. The smallest absolute Gasteiger partial charge is 0.0674 e. The number of rotatable bonds is 2. The molecule has 4 heteroatoms. The van der Waals surface area contributed by atoms with Gasteiger partial charge in [-0.3, -0.25) is 9.80 Å². The summed E-state index contributed by atoms with van der Waals surface area (Å²) in [6.45, 7) is 17.1. The van der Waals surface area contributed by atoms with Crippen LogP contribution in [0.25, 0.3) is 0 Å². The lowest BCUT2D eigenvalue weighted by Crippen LogP contribution is -2.43. The van der Waals surface area contributed by atoms with Crippen LogP contribution in [0.5, 0.6) is 0 Å². The summed E-state index contributed by atoms with van der Waals surface area (Å²) < 4.78 is 10.6. The highest BCUT2D eigenvalue weighted by molar-refractivity contribution is 4.68. The van der Waals surface area contributed by atoms with E-state index in [-0.39, 0.29) is 0 Å². The third-order valence-electron chi connectivity index (χ3n) is 3.68. The van der Waals surface area contributed by atoms with Crippen LogP contribution in [0.2, 0.25) is 0 Å². The molecular formula is C14H30N2O2. The summed E-state index contributed by atoms with van der Waals surface area (Å²) in [4.78, 5) is 4.84. The molecule has 2 aliphatic heterocycles. The molecule has 2 saturated heterocycles. The Balaban J connectivity index is 0.000000180. The molecule has 0 spiro atoms. The molecule has 2 heterocycles. The summed E-state index contributed by atoms with van der Waals surface area (Å²) in [6.07, 6.45) is 0.443. The average Bonchev–Trinajstić information content (AvgIpc) is 2.40. The summed E-state index contributed by atoms with van der Waals surface area (Å²) in [7, 11) is 0. The van der Waals surface area contributed by atoms with Crippen molar-refractivity contribution in [2.75, 3.05) is 52.5 Å². The first-order valence-electron chi connectivity index (χ1n) is 7.33. The van der Waals surface area contributed by atoms with Gasteiger partial charge in [-0.05, 0) is 26.9 Å². The largest absolute Gasteiger partial charge is 0.379 e. The fourth-order valence-electron chi connectivity index (χ4n) is 2.41. The molecular weight excluding hydrogens is 228 g/mol. The molecule has 2 aliphatic rings. The predicted molar refractivity (Wildman–Crippen MR) is 75.1 cm³/mol. The van der Waals surface area contributed by atoms with Gasteiger partial charge in [0.15, 0.2) is 0 Å². The maximum atomic E-state index is 5.37. The Morgan fingerprint density at radius 1 is 1.06 bits per heavy atom. The Kier molecular flexibility index (Phi) is 7.82. The molecule has 0 aromatic rings. The standard InChI is InChI=1S/2C7H15NO/c1-3-8-4-5-9-6-7(8)2;1-3-8-4-5-9-7(2)6-8/h2*7H,3-6H2,1-2H3. The van der Waals surface area contributed by atoms with Crippen LogP contribution in [0.4, 0.5) is 0 Å². The molecule has 2 fully saturated rings. The molecule has 0 radical (unpaired) electrons. The molecule has 0 amide bonds. The average molecular weight is 258 g/mol. The van der Waals surface area contributed by atoms with Gasteiger partial charge in [0.1, 0.15) is 0 Å². The number of ether oxygens (including phenoxy) is 2. The molecule has 2 atom stereocenters. The summed E-state index contributed by atoms with van der Waals surface area (Å²) in [5, 5.41) is 0. The quantitative estimate of drug-likeness (QED) is 0.748. The second-order valence-corrected chi connectivity index (χ2v) is 5.13. The molecule has 4 nitrogen and oxygen atoms in total. The minimum absolute atomic E-state index is 0.443. The van der Waals surface area contributed by atoms with Crippen LogP contribution in [0, 0.1) is 0 Å². The highest BCUT2D eigenvalue weighted by Crippen LogP contribution is 2.04. The van der Waals surface area contributed by atoms with Gasteiger partial charge in [-0.1, -0.05) is 13.8 Å². The molecule has 0 N–H and O–H groups in total. The van der Waals surface area contributed by atoms with Gasteiger partial charge in [0.25, 0.3) is 0 Å². The molecule has 0 saturated carbocycles. The second-order valence-electron chi connectivity index (χ2n) is 5.13. The Labute approximate surface area is 112 Å². The lowest BCUT2D eigenvalue weighted by molar-refractivity contribution is -0.0162. The van der Waals surface area contributed by atoms with Crippen molar-refractivity contribution in [3.63, 3.8) is 0 Å². The molecule has 2 unspecified atom stereocenters. The van der Waals surface area contributed by atoms with Gasteiger partial charge < -0.3 is 9.47 Å². The number of nitrogens with zero attached hydrogens (tertiary/aromatic N) is 2. The highest BCUT2D eigenvalue weighted by Gasteiger charge is 2.15. The third-order valence-corrected chi connectivity index (χ3v) is 3.68. The van der Waals surface area contributed by atoms with Crippen molar-refractivity contribution in [3.05, 3.63) is 0 Å². The Bertz CT molecular complexity index is 214. The van der Waals surface area contributed by atoms with E-state index in [0.717, 1.165) is 52.5 Å². The lowest BCUT2D eigenvalue weighted by atomic mass is 10.2. The summed E-state index contributed by atoms with van der Waals surface area (Å²) >= 11 is 0. The zero-order chi connectivity index (χ0) is 13.4. The fraction of sp³-hybridized carbons (Fsp3) is 1.00. The Hall–Kier alpha value is -0.160. The topological polar surface area (TPSA) is 24.9 Å². The summed E-state index contributed by atoms with van der Waals surface area (Å²) in [5.74, 6) is 0. The van der Waals surface area contributed by atoms with E-state index >= 15 is 0 Å². The fourth-order valence-corrected chi connectivity index (χ4v) is 2.41. The highest BCUT2D eigenvalue weighted by atomic mass is 16.5. The van der Waals surface area contributed by atoms with Crippen molar-refractivity contribution in [2.45, 2.75) is 39.8 Å². The summed E-state index contributed by atoms with van der Waals surface area (Å²) in [5.41, 5.74) is 0. The molecule has 18 heavy (non-hydrogen) atoms. The van der Waals surface area contributed by atoms with Crippen LogP contribution in [0.15, 0.2) is 0 Å². The minimum Gasteiger partial charge on any atom is -0.379 e.